The number of benzene rings is 1. The van der Waals surface area contributed by atoms with Crippen molar-refractivity contribution in [1.29, 1.82) is 0 Å². The molecule has 1 amide bonds. The molecule has 0 spiro atoms. The quantitative estimate of drug-likeness (QED) is 0.912. The van der Waals surface area contributed by atoms with Crippen molar-refractivity contribution in [3.8, 4) is 5.75 Å². The minimum Gasteiger partial charge on any atom is -0.494 e. The Hall–Kier alpha value is -1.51. The van der Waals surface area contributed by atoms with Gasteiger partial charge in [-0.1, -0.05) is 20.8 Å². The van der Waals surface area contributed by atoms with Gasteiger partial charge in [-0.15, -0.1) is 0 Å². The Morgan fingerprint density at radius 3 is 2.45 bits per heavy atom. The summed E-state index contributed by atoms with van der Waals surface area (Å²) >= 11 is 0. The second kappa shape index (κ2) is 5.29. The Balaban J connectivity index is 1.70. The van der Waals surface area contributed by atoms with Gasteiger partial charge in [-0.05, 0) is 67.2 Å². The Morgan fingerprint density at radius 2 is 1.95 bits per heavy atom. The highest BCUT2D eigenvalue weighted by Crippen LogP contribution is 2.65. The number of hydrogen-bond donors (Lipinski definition) is 1. The van der Waals surface area contributed by atoms with Crippen molar-refractivity contribution in [3.63, 3.8) is 0 Å². The van der Waals surface area contributed by atoms with Crippen molar-refractivity contribution in [3.05, 3.63) is 29.8 Å². The van der Waals surface area contributed by atoms with E-state index >= 15 is 0 Å². The summed E-state index contributed by atoms with van der Waals surface area (Å²) in [7, 11) is 0. The first-order valence-corrected chi connectivity index (χ1v) is 8.42. The molecule has 0 radical (unpaired) electrons. The third-order valence-corrected chi connectivity index (χ3v) is 6.53. The summed E-state index contributed by atoms with van der Waals surface area (Å²) in [5, 5.41) is 3.29. The molecule has 22 heavy (non-hydrogen) atoms. The predicted molar refractivity (Wildman–Crippen MR) is 88.1 cm³/mol. The molecule has 2 fully saturated rings. The predicted octanol–water partition coefficient (Wildman–Crippen LogP) is 4.03. The van der Waals surface area contributed by atoms with Gasteiger partial charge in [0.2, 0.25) is 0 Å². The average Bonchev–Trinajstić information content (AvgIpc) is 2.81. The lowest BCUT2D eigenvalue weighted by molar-refractivity contribution is 0.0826. The lowest BCUT2D eigenvalue weighted by Gasteiger charge is -2.39. The van der Waals surface area contributed by atoms with Crippen LogP contribution < -0.4 is 10.1 Å². The molecule has 0 saturated heterocycles. The van der Waals surface area contributed by atoms with Gasteiger partial charge in [0.25, 0.3) is 5.91 Å². The van der Waals surface area contributed by atoms with Crippen LogP contribution in [0.5, 0.6) is 5.75 Å². The van der Waals surface area contributed by atoms with Gasteiger partial charge in [0.1, 0.15) is 5.75 Å². The van der Waals surface area contributed by atoms with Crippen LogP contribution >= 0.6 is 0 Å². The molecule has 3 heteroatoms. The lowest BCUT2D eigenvalue weighted by atomic mass is 9.69. The highest BCUT2D eigenvalue weighted by Gasteiger charge is 2.61. The highest BCUT2D eigenvalue weighted by molar-refractivity contribution is 5.94. The number of hydrogen-bond acceptors (Lipinski definition) is 2. The first kappa shape index (κ1) is 15.4. The molecule has 2 saturated carbocycles. The summed E-state index contributed by atoms with van der Waals surface area (Å²) in [6, 6.07) is 7.72. The van der Waals surface area contributed by atoms with E-state index in [-0.39, 0.29) is 11.3 Å². The largest absolute Gasteiger partial charge is 0.494 e. The SMILES string of the molecule is CCOc1ccc(C(=O)N[C@H]2C[C@@H]3CC[C@]2(C)C3(C)C)cc1. The van der Waals surface area contributed by atoms with E-state index in [9.17, 15) is 4.79 Å². The molecule has 3 nitrogen and oxygen atoms in total. The summed E-state index contributed by atoms with van der Waals surface area (Å²) in [4.78, 5) is 12.5. The van der Waals surface area contributed by atoms with E-state index in [2.05, 4.69) is 26.1 Å². The third kappa shape index (κ3) is 2.22. The number of rotatable bonds is 4. The molecule has 120 valence electrons. The van der Waals surface area contributed by atoms with Gasteiger partial charge in [-0.25, -0.2) is 0 Å². The first-order valence-electron chi connectivity index (χ1n) is 8.42. The third-order valence-electron chi connectivity index (χ3n) is 6.53. The van der Waals surface area contributed by atoms with Crippen LogP contribution in [0.15, 0.2) is 24.3 Å². The lowest BCUT2D eigenvalue weighted by Crippen LogP contribution is -2.46. The summed E-state index contributed by atoms with van der Waals surface area (Å²) in [6.07, 6.45) is 3.64. The molecule has 2 aliphatic carbocycles. The van der Waals surface area contributed by atoms with Gasteiger partial charge < -0.3 is 10.1 Å². The van der Waals surface area contributed by atoms with Crippen molar-refractivity contribution >= 4 is 5.91 Å². The molecule has 0 unspecified atom stereocenters. The molecule has 0 aliphatic heterocycles. The van der Waals surface area contributed by atoms with Crippen molar-refractivity contribution in [2.75, 3.05) is 6.61 Å². The molecule has 0 heterocycles. The molecule has 1 aromatic carbocycles. The van der Waals surface area contributed by atoms with Gasteiger partial charge in [0.05, 0.1) is 6.61 Å². The first-order chi connectivity index (χ1) is 10.4. The Morgan fingerprint density at radius 1 is 1.27 bits per heavy atom. The molecule has 3 rings (SSSR count). The van der Waals surface area contributed by atoms with Crippen molar-refractivity contribution in [2.45, 2.75) is 53.0 Å². The molecule has 0 aromatic heterocycles. The van der Waals surface area contributed by atoms with E-state index < -0.39 is 0 Å². The zero-order chi connectivity index (χ0) is 16.0. The second-order valence-corrected chi connectivity index (χ2v) is 7.59. The monoisotopic (exact) mass is 301 g/mol. The zero-order valence-corrected chi connectivity index (χ0v) is 14.1. The van der Waals surface area contributed by atoms with E-state index in [1.165, 1.54) is 12.8 Å². The van der Waals surface area contributed by atoms with Gasteiger partial charge in [-0.2, -0.15) is 0 Å². The van der Waals surface area contributed by atoms with Crippen LogP contribution in [0.4, 0.5) is 0 Å². The maximum Gasteiger partial charge on any atom is 0.251 e. The molecule has 2 aliphatic rings. The summed E-state index contributed by atoms with van der Waals surface area (Å²) in [6.45, 7) is 9.69. The van der Waals surface area contributed by atoms with E-state index in [4.69, 9.17) is 4.74 Å². The van der Waals surface area contributed by atoms with Gasteiger partial charge in [0.15, 0.2) is 0 Å². The minimum absolute atomic E-state index is 0.0395. The standard InChI is InChI=1S/C19H27NO2/c1-5-22-15-8-6-13(7-9-15)17(21)20-16-12-14-10-11-19(16,4)18(14,2)3/h6-9,14,16H,5,10-12H2,1-4H3,(H,20,21)/t14-,16-,19-/m0/s1. The molecular weight excluding hydrogens is 274 g/mol. The smallest absolute Gasteiger partial charge is 0.251 e. The number of carbonyl (C=O) groups excluding carboxylic acids is 1. The van der Waals surface area contributed by atoms with Gasteiger partial charge in [-0.3, -0.25) is 4.79 Å². The number of amides is 1. The van der Waals surface area contributed by atoms with E-state index in [0.29, 0.717) is 23.6 Å². The summed E-state index contributed by atoms with van der Waals surface area (Å²) in [5.41, 5.74) is 1.26. The molecule has 3 atom stereocenters. The molecule has 1 N–H and O–H groups in total. The van der Waals surface area contributed by atoms with Crippen LogP contribution in [-0.4, -0.2) is 18.6 Å². The Kier molecular flexibility index (Phi) is 3.70. The van der Waals surface area contributed by atoms with E-state index in [1.54, 1.807) is 0 Å². The second-order valence-electron chi connectivity index (χ2n) is 7.59. The normalized spacial score (nSPS) is 32.0. The molecule has 1 aromatic rings. The van der Waals surface area contributed by atoms with Crippen LogP contribution in [0, 0.1) is 16.7 Å². The number of carbonyl (C=O) groups is 1. The molecule has 2 bridgehead atoms. The average molecular weight is 301 g/mol. The fourth-order valence-electron chi connectivity index (χ4n) is 4.53. The number of ether oxygens (including phenoxy) is 1. The zero-order valence-electron chi connectivity index (χ0n) is 14.1. The fourth-order valence-corrected chi connectivity index (χ4v) is 4.53. The summed E-state index contributed by atoms with van der Waals surface area (Å²) < 4.78 is 5.43. The van der Waals surface area contributed by atoms with Gasteiger partial charge >= 0.3 is 0 Å². The van der Waals surface area contributed by atoms with Crippen LogP contribution in [0.2, 0.25) is 0 Å². The van der Waals surface area contributed by atoms with Crippen molar-refractivity contribution in [1.82, 2.24) is 5.32 Å². The number of nitrogens with one attached hydrogen (secondary N) is 1. The van der Waals surface area contributed by atoms with Crippen molar-refractivity contribution in [2.24, 2.45) is 16.7 Å². The van der Waals surface area contributed by atoms with Crippen LogP contribution in [0.3, 0.4) is 0 Å². The van der Waals surface area contributed by atoms with Gasteiger partial charge in [0, 0.05) is 11.6 Å². The van der Waals surface area contributed by atoms with E-state index in [1.807, 2.05) is 31.2 Å². The minimum atomic E-state index is 0.0395. The maximum atomic E-state index is 12.5. The molecular formula is C19H27NO2. The Bertz CT molecular complexity index is 563. The number of fused-ring (bicyclic) bond motifs is 2. The van der Waals surface area contributed by atoms with Crippen LogP contribution in [0.25, 0.3) is 0 Å². The van der Waals surface area contributed by atoms with Crippen LogP contribution in [-0.2, 0) is 0 Å². The van der Waals surface area contributed by atoms with Crippen LogP contribution in [0.1, 0.15) is 57.3 Å². The Labute approximate surface area is 133 Å². The fraction of sp³-hybridized carbons (Fsp3) is 0.632. The van der Waals surface area contributed by atoms with Crippen molar-refractivity contribution < 1.29 is 9.53 Å². The maximum absolute atomic E-state index is 12.5. The highest BCUT2D eigenvalue weighted by atomic mass is 16.5. The van der Waals surface area contributed by atoms with E-state index in [0.717, 1.165) is 18.1 Å². The topological polar surface area (TPSA) is 38.3 Å². The summed E-state index contributed by atoms with van der Waals surface area (Å²) in [5.74, 6) is 1.59.